The number of likely N-dealkylation sites (tertiary alicyclic amines) is 1. The van der Waals surface area contributed by atoms with Crippen LogP contribution in [0.3, 0.4) is 0 Å². The first-order valence-corrected chi connectivity index (χ1v) is 11.1. The largest absolute Gasteiger partial charge is 0.490 e. The van der Waals surface area contributed by atoms with Crippen molar-refractivity contribution < 1.29 is 27.9 Å². The first-order chi connectivity index (χ1) is 17.0. The molecule has 5 N–H and O–H groups in total. The second kappa shape index (κ2) is 9.86. The number of carbonyl (C=O) groups is 2. The number of carbonyl (C=O) groups excluding carboxylic acids is 1. The lowest BCUT2D eigenvalue weighted by atomic mass is 10.0. The number of para-hydroxylation sites is 1. The third kappa shape index (κ3) is 5.41. The van der Waals surface area contributed by atoms with Crippen molar-refractivity contribution in [3.05, 3.63) is 70.5 Å². The number of piperidine rings is 1. The van der Waals surface area contributed by atoms with Gasteiger partial charge in [0.1, 0.15) is 0 Å². The molecule has 0 spiro atoms. The van der Waals surface area contributed by atoms with Crippen molar-refractivity contribution in [2.24, 2.45) is 5.73 Å². The fourth-order valence-corrected chi connectivity index (χ4v) is 4.04. The number of carboxylic acid groups (broad SMARTS) is 1. The smallest absolute Gasteiger partial charge is 0.475 e. The topological polar surface area (TPSA) is 132 Å². The van der Waals surface area contributed by atoms with Gasteiger partial charge < -0.3 is 25.7 Å². The highest BCUT2D eigenvalue weighted by atomic mass is 19.4. The number of pyridine rings is 1. The number of aromatic amines is 2. The van der Waals surface area contributed by atoms with Crippen LogP contribution in [0.2, 0.25) is 0 Å². The molecule has 11 heteroatoms. The van der Waals surface area contributed by atoms with Crippen LogP contribution in [0.1, 0.15) is 23.2 Å². The van der Waals surface area contributed by atoms with Gasteiger partial charge in [-0.15, -0.1) is 0 Å². The maximum Gasteiger partial charge on any atom is 0.490 e. The molecule has 8 nitrogen and oxygen atoms in total. The Balaban J connectivity index is 0.000000384. The predicted molar refractivity (Wildman–Crippen MR) is 129 cm³/mol. The molecule has 5 rings (SSSR count). The molecule has 2 aromatic heterocycles. The molecule has 1 saturated heterocycles. The maximum absolute atomic E-state index is 12.8. The van der Waals surface area contributed by atoms with E-state index in [9.17, 15) is 22.8 Å². The van der Waals surface area contributed by atoms with Crippen molar-refractivity contribution in [3.8, 4) is 11.3 Å². The van der Waals surface area contributed by atoms with Crippen molar-refractivity contribution >= 4 is 33.7 Å². The Kier molecular flexibility index (Phi) is 6.84. The molecule has 4 aromatic rings. The summed E-state index contributed by atoms with van der Waals surface area (Å²) in [6.07, 6.45) is -3.40. The summed E-state index contributed by atoms with van der Waals surface area (Å²) in [6, 6.07) is 17.3. The van der Waals surface area contributed by atoms with Gasteiger partial charge in [0.05, 0.1) is 11.3 Å². The minimum Gasteiger partial charge on any atom is -0.475 e. The lowest BCUT2D eigenvalue weighted by Gasteiger charge is -2.30. The van der Waals surface area contributed by atoms with Crippen LogP contribution in [0.25, 0.3) is 33.1 Å². The lowest BCUT2D eigenvalue weighted by Crippen LogP contribution is -2.42. The summed E-state index contributed by atoms with van der Waals surface area (Å²) in [7, 11) is 0. The van der Waals surface area contributed by atoms with Gasteiger partial charge >= 0.3 is 12.1 Å². The van der Waals surface area contributed by atoms with Gasteiger partial charge in [0.2, 0.25) is 0 Å². The standard InChI is InChI=1S/C23H22N4O2.C2HF3O2/c24-17-7-9-27(10-8-17)23(29)15-5-6-20-16(11-15)13-21(25-20)18-12-14-3-1-2-4-19(14)26-22(18)28;3-2(4,5)1(6)7/h1-6,11-13,17,25H,7-10,24H2,(H,26,28);(H,6,7). The summed E-state index contributed by atoms with van der Waals surface area (Å²) >= 11 is 0. The quantitative estimate of drug-likeness (QED) is 0.332. The van der Waals surface area contributed by atoms with Gasteiger partial charge in [-0.2, -0.15) is 13.2 Å². The van der Waals surface area contributed by atoms with Gasteiger partial charge in [-0.25, -0.2) is 4.79 Å². The second-order valence-electron chi connectivity index (χ2n) is 8.52. The van der Waals surface area contributed by atoms with Gasteiger partial charge in [0, 0.05) is 41.1 Å². The van der Waals surface area contributed by atoms with Crippen molar-refractivity contribution in [3.63, 3.8) is 0 Å². The number of H-pyrrole nitrogens is 2. The van der Waals surface area contributed by atoms with E-state index in [4.69, 9.17) is 15.6 Å². The first kappa shape index (κ1) is 25.0. The van der Waals surface area contributed by atoms with Crippen molar-refractivity contribution in [1.29, 1.82) is 0 Å². The van der Waals surface area contributed by atoms with Crippen LogP contribution in [0, 0.1) is 0 Å². The van der Waals surface area contributed by atoms with E-state index in [1.54, 1.807) is 0 Å². The Labute approximate surface area is 202 Å². The lowest BCUT2D eigenvalue weighted by molar-refractivity contribution is -0.192. The summed E-state index contributed by atoms with van der Waals surface area (Å²) < 4.78 is 31.7. The summed E-state index contributed by atoms with van der Waals surface area (Å²) in [5.41, 5.74) is 9.48. The summed E-state index contributed by atoms with van der Waals surface area (Å²) in [5, 5.41) is 9.01. The maximum atomic E-state index is 12.8. The van der Waals surface area contributed by atoms with E-state index in [2.05, 4.69) is 9.97 Å². The van der Waals surface area contributed by atoms with E-state index in [0.717, 1.165) is 40.3 Å². The van der Waals surface area contributed by atoms with E-state index in [1.807, 2.05) is 59.5 Å². The van der Waals surface area contributed by atoms with Gasteiger partial charge in [0.15, 0.2) is 0 Å². The normalized spacial score (nSPS) is 14.5. The number of benzene rings is 2. The van der Waals surface area contributed by atoms with Crippen LogP contribution in [-0.4, -0.2) is 57.2 Å². The molecule has 2 aromatic carbocycles. The molecule has 0 saturated carbocycles. The highest BCUT2D eigenvalue weighted by Crippen LogP contribution is 2.25. The zero-order chi connectivity index (χ0) is 26.0. The fraction of sp³-hybridized carbons (Fsp3) is 0.240. The van der Waals surface area contributed by atoms with E-state index >= 15 is 0 Å². The molecule has 188 valence electrons. The number of halogens is 3. The van der Waals surface area contributed by atoms with Gasteiger partial charge in [-0.3, -0.25) is 9.59 Å². The summed E-state index contributed by atoms with van der Waals surface area (Å²) in [6.45, 7) is 1.39. The molecule has 0 unspecified atom stereocenters. The zero-order valence-electron chi connectivity index (χ0n) is 18.9. The number of nitrogens with one attached hydrogen (secondary N) is 2. The predicted octanol–water partition coefficient (Wildman–Crippen LogP) is 3.87. The molecule has 36 heavy (non-hydrogen) atoms. The Morgan fingerprint density at radius 1 is 0.944 bits per heavy atom. The van der Waals surface area contributed by atoms with Crippen molar-refractivity contribution in [2.45, 2.75) is 25.1 Å². The average Bonchev–Trinajstić information content (AvgIpc) is 3.26. The third-order valence-electron chi connectivity index (χ3n) is 5.98. The third-order valence-corrected chi connectivity index (χ3v) is 5.98. The Bertz CT molecular complexity index is 1480. The molecule has 0 aliphatic carbocycles. The average molecular weight is 500 g/mol. The van der Waals surface area contributed by atoms with Crippen LogP contribution in [-0.2, 0) is 4.79 Å². The molecule has 3 heterocycles. The van der Waals surface area contributed by atoms with Crippen LogP contribution in [0.5, 0.6) is 0 Å². The molecule has 0 bridgehead atoms. The molecule has 1 aliphatic rings. The Hall–Kier alpha value is -4.12. The second-order valence-corrected chi connectivity index (χ2v) is 8.52. The van der Waals surface area contributed by atoms with Crippen LogP contribution in [0.15, 0.2) is 59.4 Å². The SMILES string of the molecule is NC1CCN(C(=O)c2ccc3[nH]c(-c4cc5ccccc5[nH]c4=O)cc3c2)CC1.O=C(O)C(F)(F)F. The number of fused-ring (bicyclic) bond motifs is 2. The van der Waals surface area contributed by atoms with E-state index in [1.165, 1.54) is 0 Å². The summed E-state index contributed by atoms with van der Waals surface area (Å²) in [5.74, 6) is -2.72. The highest BCUT2D eigenvalue weighted by Gasteiger charge is 2.38. The molecule has 1 aliphatic heterocycles. The molecular weight excluding hydrogens is 477 g/mol. The van der Waals surface area contributed by atoms with Gasteiger partial charge in [-0.1, -0.05) is 18.2 Å². The highest BCUT2D eigenvalue weighted by molar-refractivity contribution is 5.99. The van der Waals surface area contributed by atoms with E-state index < -0.39 is 12.1 Å². The first-order valence-electron chi connectivity index (χ1n) is 11.1. The van der Waals surface area contributed by atoms with Gasteiger partial charge in [0.25, 0.3) is 11.5 Å². The molecular formula is C25H23F3N4O4. The minimum absolute atomic E-state index is 0.0325. The van der Waals surface area contributed by atoms with Crippen molar-refractivity contribution in [1.82, 2.24) is 14.9 Å². The van der Waals surface area contributed by atoms with E-state index in [0.29, 0.717) is 24.2 Å². The number of aromatic nitrogens is 2. The fourth-order valence-electron chi connectivity index (χ4n) is 4.04. The Morgan fingerprint density at radius 3 is 2.25 bits per heavy atom. The number of nitrogens with zero attached hydrogens (tertiary/aromatic N) is 1. The summed E-state index contributed by atoms with van der Waals surface area (Å²) in [4.78, 5) is 42.4. The molecule has 0 atom stereocenters. The minimum atomic E-state index is -5.08. The monoisotopic (exact) mass is 500 g/mol. The zero-order valence-corrected chi connectivity index (χ0v) is 18.9. The van der Waals surface area contributed by atoms with E-state index in [-0.39, 0.29) is 17.5 Å². The van der Waals surface area contributed by atoms with Crippen LogP contribution >= 0.6 is 0 Å². The molecule has 0 radical (unpaired) electrons. The molecule has 1 amide bonds. The number of aliphatic carboxylic acids is 1. The number of nitrogens with two attached hydrogens (primary N) is 1. The van der Waals surface area contributed by atoms with Gasteiger partial charge in [-0.05, 0) is 54.6 Å². The number of rotatable bonds is 2. The van der Waals surface area contributed by atoms with Crippen LogP contribution < -0.4 is 11.3 Å². The van der Waals surface area contributed by atoms with Crippen molar-refractivity contribution in [2.75, 3.05) is 13.1 Å². The number of hydrogen-bond donors (Lipinski definition) is 4. The Morgan fingerprint density at radius 2 is 1.58 bits per heavy atom. The number of hydrogen-bond acceptors (Lipinski definition) is 4. The van der Waals surface area contributed by atoms with Crippen LogP contribution in [0.4, 0.5) is 13.2 Å². The number of alkyl halides is 3. The molecule has 1 fully saturated rings. The number of carboxylic acids is 1. The number of amides is 1.